The Kier molecular flexibility index (Phi) is 5.67. The molecule has 0 saturated heterocycles. The van der Waals surface area contributed by atoms with Crippen molar-refractivity contribution in [2.75, 3.05) is 31.3 Å². The standard InChI is InChI=1S/C15H24N2O2/c1-5-6-11(2)10-19-15(18)12-7-8-14(17(3)4)13(16)9-12/h7-9,11H,5-6,10,16H2,1-4H3. The van der Waals surface area contributed by atoms with Gasteiger partial charge in [0.05, 0.1) is 23.5 Å². The van der Waals surface area contributed by atoms with Gasteiger partial charge in [0, 0.05) is 14.1 Å². The lowest BCUT2D eigenvalue weighted by molar-refractivity contribution is 0.0443. The summed E-state index contributed by atoms with van der Waals surface area (Å²) in [5.41, 5.74) is 7.90. The normalized spacial score (nSPS) is 12.0. The molecule has 0 fully saturated rings. The van der Waals surface area contributed by atoms with Crippen molar-refractivity contribution in [2.45, 2.75) is 26.7 Å². The molecule has 0 bridgehead atoms. The minimum atomic E-state index is -0.306. The third-order valence-corrected chi connectivity index (χ3v) is 3.03. The van der Waals surface area contributed by atoms with Gasteiger partial charge in [-0.2, -0.15) is 0 Å². The Hall–Kier alpha value is -1.71. The van der Waals surface area contributed by atoms with Crippen LogP contribution < -0.4 is 10.6 Å². The van der Waals surface area contributed by atoms with E-state index in [0.29, 0.717) is 23.8 Å². The summed E-state index contributed by atoms with van der Waals surface area (Å²) in [6, 6.07) is 5.25. The van der Waals surface area contributed by atoms with E-state index in [1.54, 1.807) is 12.1 Å². The van der Waals surface area contributed by atoms with Gasteiger partial charge in [-0.25, -0.2) is 4.79 Å². The number of hydrogen-bond donors (Lipinski definition) is 1. The van der Waals surface area contributed by atoms with E-state index in [2.05, 4.69) is 13.8 Å². The fourth-order valence-electron chi connectivity index (χ4n) is 1.97. The van der Waals surface area contributed by atoms with Gasteiger partial charge >= 0.3 is 5.97 Å². The second kappa shape index (κ2) is 7.02. The maximum absolute atomic E-state index is 11.9. The molecule has 4 heteroatoms. The molecule has 0 radical (unpaired) electrons. The first-order valence-electron chi connectivity index (χ1n) is 6.69. The number of rotatable bonds is 6. The van der Waals surface area contributed by atoms with Crippen LogP contribution in [-0.2, 0) is 4.74 Å². The molecule has 0 aliphatic rings. The molecular formula is C15H24N2O2. The number of nitrogens with two attached hydrogens (primary N) is 1. The molecule has 106 valence electrons. The van der Waals surface area contributed by atoms with Crippen molar-refractivity contribution in [3.63, 3.8) is 0 Å². The van der Waals surface area contributed by atoms with E-state index >= 15 is 0 Å². The summed E-state index contributed by atoms with van der Waals surface area (Å²) < 4.78 is 5.29. The Labute approximate surface area is 115 Å². The van der Waals surface area contributed by atoms with Gasteiger partial charge in [-0.05, 0) is 30.5 Å². The molecule has 0 spiro atoms. The molecule has 0 saturated carbocycles. The van der Waals surface area contributed by atoms with Crippen molar-refractivity contribution in [2.24, 2.45) is 5.92 Å². The number of benzene rings is 1. The van der Waals surface area contributed by atoms with Gasteiger partial charge in [0.25, 0.3) is 0 Å². The summed E-state index contributed by atoms with van der Waals surface area (Å²) in [5, 5.41) is 0. The number of anilines is 2. The first kappa shape index (κ1) is 15.3. The minimum absolute atomic E-state index is 0.306. The highest BCUT2D eigenvalue weighted by Gasteiger charge is 2.12. The second-order valence-corrected chi connectivity index (χ2v) is 5.16. The molecular weight excluding hydrogens is 240 g/mol. The topological polar surface area (TPSA) is 55.6 Å². The van der Waals surface area contributed by atoms with Gasteiger partial charge in [-0.1, -0.05) is 20.3 Å². The van der Waals surface area contributed by atoms with Crippen molar-refractivity contribution in [1.82, 2.24) is 0 Å². The summed E-state index contributed by atoms with van der Waals surface area (Å²) in [5.74, 6) is 0.0901. The molecule has 0 aliphatic heterocycles. The van der Waals surface area contributed by atoms with Crippen LogP contribution in [0.3, 0.4) is 0 Å². The Bertz CT molecular complexity index is 430. The van der Waals surface area contributed by atoms with Crippen molar-refractivity contribution in [3.05, 3.63) is 23.8 Å². The zero-order valence-electron chi connectivity index (χ0n) is 12.3. The lowest BCUT2D eigenvalue weighted by Gasteiger charge is -2.16. The van der Waals surface area contributed by atoms with E-state index in [0.717, 1.165) is 18.5 Å². The van der Waals surface area contributed by atoms with Crippen LogP contribution in [-0.4, -0.2) is 26.7 Å². The molecule has 1 rings (SSSR count). The molecule has 1 aromatic carbocycles. The molecule has 1 atom stereocenters. The van der Waals surface area contributed by atoms with Gasteiger partial charge in [-0.3, -0.25) is 0 Å². The van der Waals surface area contributed by atoms with Crippen molar-refractivity contribution in [1.29, 1.82) is 0 Å². The highest BCUT2D eigenvalue weighted by molar-refractivity contribution is 5.92. The van der Waals surface area contributed by atoms with E-state index in [4.69, 9.17) is 10.5 Å². The number of esters is 1. The van der Waals surface area contributed by atoms with E-state index < -0.39 is 0 Å². The lowest BCUT2D eigenvalue weighted by atomic mass is 10.1. The fourth-order valence-corrected chi connectivity index (χ4v) is 1.97. The lowest BCUT2D eigenvalue weighted by Crippen LogP contribution is -2.14. The quantitative estimate of drug-likeness (QED) is 0.634. The fraction of sp³-hybridized carbons (Fsp3) is 0.533. The molecule has 1 unspecified atom stereocenters. The van der Waals surface area contributed by atoms with Crippen molar-refractivity contribution >= 4 is 17.3 Å². The zero-order valence-corrected chi connectivity index (χ0v) is 12.3. The zero-order chi connectivity index (χ0) is 14.4. The highest BCUT2D eigenvalue weighted by Crippen LogP contribution is 2.22. The van der Waals surface area contributed by atoms with Gasteiger partial charge in [0.2, 0.25) is 0 Å². The van der Waals surface area contributed by atoms with Crippen LogP contribution in [0.25, 0.3) is 0 Å². The Morgan fingerprint density at radius 1 is 1.42 bits per heavy atom. The van der Waals surface area contributed by atoms with E-state index in [1.807, 2.05) is 25.1 Å². The van der Waals surface area contributed by atoms with Crippen molar-refractivity contribution < 1.29 is 9.53 Å². The number of carbonyl (C=O) groups is 1. The van der Waals surface area contributed by atoms with Gasteiger partial charge in [-0.15, -0.1) is 0 Å². The van der Waals surface area contributed by atoms with Crippen LogP contribution in [0.2, 0.25) is 0 Å². The van der Waals surface area contributed by atoms with Crippen molar-refractivity contribution in [3.8, 4) is 0 Å². The molecule has 0 aliphatic carbocycles. The number of hydrogen-bond acceptors (Lipinski definition) is 4. The third-order valence-electron chi connectivity index (χ3n) is 3.03. The number of carbonyl (C=O) groups excluding carboxylic acids is 1. The summed E-state index contributed by atoms with van der Waals surface area (Å²) in [6.45, 7) is 4.67. The van der Waals surface area contributed by atoms with E-state index in [9.17, 15) is 4.79 Å². The first-order chi connectivity index (χ1) is 8.95. The van der Waals surface area contributed by atoms with E-state index in [1.165, 1.54) is 0 Å². The summed E-state index contributed by atoms with van der Waals surface area (Å²) in [4.78, 5) is 13.8. The van der Waals surface area contributed by atoms with Crippen LogP contribution >= 0.6 is 0 Å². The molecule has 0 aromatic heterocycles. The Morgan fingerprint density at radius 2 is 2.11 bits per heavy atom. The number of ether oxygens (including phenoxy) is 1. The van der Waals surface area contributed by atoms with Crippen LogP contribution in [0.4, 0.5) is 11.4 Å². The van der Waals surface area contributed by atoms with Crippen LogP contribution in [0.1, 0.15) is 37.0 Å². The maximum atomic E-state index is 11.9. The highest BCUT2D eigenvalue weighted by atomic mass is 16.5. The van der Waals surface area contributed by atoms with Gasteiger partial charge < -0.3 is 15.4 Å². The number of nitrogens with zero attached hydrogens (tertiary/aromatic N) is 1. The largest absolute Gasteiger partial charge is 0.462 e. The number of nitrogen functional groups attached to an aromatic ring is 1. The van der Waals surface area contributed by atoms with Gasteiger partial charge in [0.1, 0.15) is 0 Å². The first-order valence-corrected chi connectivity index (χ1v) is 6.69. The van der Waals surface area contributed by atoms with Crippen LogP contribution in [0.5, 0.6) is 0 Å². The average molecular weight is 264 g/mol. The SMILES string of the molecule is CCCC(C)COC(=O)c1ccc(N(C)C)c(N)c1. The van der Waals surface area contributed by atoms with Gasteiger partial charge in [0.15, 0.2) is 0 Å². The van der Waals surface area contributed by atoms with E-state index in [-0.39, 0.29) is 5.97 Å². The predicted octanol–water partition coefficient (Wildman–Crippen LogP) is 2.93. The minimum Gasteiger partial charge on any atom is -0.462 e. The Morgan fingerprint density at radius 3 is 2.63 bits per heavy atom. The summed E-state index contributed by atoms with van der Waals surface area (Å²) in [6.07, 6.45) is 2.16. The summed E-state index contributed by atoms with van der Waals surface area (Å²) in [7, 11) is 3.83. The molecule has 19 heavy (non-hydrogen) atoms. The predicted molar refractivity (Wildman–Crippen MR) is 79.5 cm³/mol. The molecule has 0 amide bonds. The molecule has 2 N–H and O–H groups in total. The third kappa shape index (κ3) is 4.47. The van der Waals surface area contributed by atoms with Crippen LogP contribution in [0.15, 0.2) is 18.2 Å². The Balaban J connectivity index is 2.65. The smallest absolute Gasteiger partial charge is 0.338 e. The molecule has 0 heterocycles. The molecule has 4 nitrogen and oxygen atoms in total. The maximum Gasteiger partial charge on any atom is 0.338 e. The average Bonchev–Trinajstić information content (AvgIpc) is 2.35. The molecule has 1 aromatic rings. The second-order valence-electron chi connectivity index (χ2n) is 5.16. The summed E-state index contributed by atoms with van der Waals surface area (Å²) >= 11 is 0. The van der Waals surface area contributed by atoms with Crippen LogP contribution in [0, 0.1) is 5.92 Å². The monoisotopic (exact) mass is 264 g/mol.